The molecule has 0 spiro atoms. The largest absolute Gasteiger partial charge is 0.450 e. The number of hydrogen-bond donors (Lipinski definition) is 1. The van der Waals surface area contributed by atoms with E-state index in [1.165, 1.54) is 19.3 Å². The second-order valence-electron chi connectivity index (χ2n) is 2.98. The number of aliphatic imine (C=N–C) groups is 1. The molecule has 0 fully saturated rings. The monoisotopic (exact) mass is 249 g/mol. The summed E-state index contributed by atoms with van der Waals surface area (Å²) >= 11 is 0. The fourth-order valence-corrected chi connectivity index (χ4v) is 0.590. The average Bonchev–Trinajstić information content (AvgIpc) is 1.97. The molecule has 0 atom stereocenters. The van der Waals surface area contributed by atoms with Gasteiger partial charge in [-0.1, -0.05) is 0 Å². The van der Waals surface area contributed by atoms with E-state index in [0.29, 0.717) is 0 Å². The summed E-state index contributed by atoms with van der Waals surface area (Å²) in [6, 6.07) is -0.717. The Bertz CT molecular complexity index is 275. The lowest BCUT2D eigenvalue weighted by molar-refractivity contribution is -0.0632. The Morgan fingerprint density at radius 3 is 1.94 bits per heavy atom. The minimum Gasteiger partial charge on any atom is -0.260 e. The van der Waals surface area contributed by atoms with Crippen LogP contribution in [0.4, 0.5) is 26.3 Å². The first-order valence-electron chi connectivity index (χ1n) is 4.04. The SMILES string of the molecule is CC(C)N=C(N/N=C/C(F)(F)F)C(F)(F)F. The zero-order valence-electron chi connectivity index (χ0n) is 8.32. The lowest BCUT2D eigenvalue weighted by atomic mass is 10.4. The first-order chi connectivity index (χ1) is 7.02. The van der Waals surface area contributed by atoms with Gasteiger partial charge in [-0.15, -0.1) is 0 Å². The van der Waals surface area contributed by atoms with Gasteiger partial charge in [0.1, 0.15) is 6.21 Å². The molecule has 0 aromatic rings. The summed E-state index contributed by atoms with van der Waals surface area (Å²) in [4.78, 5) is 3.07. The maximum absolute atomic E-state index is 12.2. The van der Waals surface area contributed by atoms with Gasteiger partial charge in [-0.2, -0.15) is 31.4 Å². The second kappa shape index (κ2) is 5.17. The van der Waals surface area contributed by atoms with E-state index in [-0.39, 0.29) is 0 Å². The molecule has 0 rings (SSSR count). The molecule has 94 valence electrons. The van der Waals surface area contributed by atoms with E-state index in [2.05, 4.69) is 10.1 Å². The van der Waals surface area contributed by atoms with E-state index in [1.807, 2.05) is 0 Å². The molecule has 3 nitrogen and oxygen atoms in total. The fraction of sp³-hybridized carbons (Fsp3) is 0.714. The highest BCUT2D eigenvalue weighted by Gasteiger charge is 2.36. The Hall–Kier alpha value is -1.28. The zero-order valence-corrected chi connectivity index (χ0v) is 8.32. The average molecular weight is 249 g/mol. The van der Waals surface area contributed by atoms with Crippen molar-refractivity contribution in [3.63, 3.8) is 0 Å². The highest BCUT2D eigenvalue weighted by molar-refractivity contribution is 5.88. The Kier molecular flexibility index (Phi) is 4.76. The molecule has 0 saturated heterocycles. The number of hydrogen-bond acceptors (Lipinski definition) is 2. The molecule has 0 heterocycles. The predicted molar refractivity (Wildman–Crippen MR) is 46.3 cm³/mol. The molecule has 0 unspecified atom stereocenters. The molecule has 16 heavy (non-hydrogen) atoms. The molecule has 0 aliphatic heterocycles. The summed E-state index contributed by atoms with van der Waals surface area (Å²) in [5, 5.41) is 2.41. The van der Waals surface area contributed by atoms with Crippen LogP contribution in [0.3, 0.4) is 0 Å². The number of halogens is 6. The van der Waals surface area contributed by atoms with Crippen LogP contribution in [0, 0.1) is 0 Å². The molecule has 0 saturated carbocycles. The number of nitrogens with one attached hydrogen (secondary N) is 1. The quantitative estimate of drug-likeness (QED) is 0.347. The van der Waals surface area contributed by atoms with E-state index in [1.54, 1.807) is 0 Å². The van der Waals surface area contributed by atoms with Gasteiger partial charge >= 0.3 is 12.4 Å². The fourth-order valence-electron chi connectivity index (χ4n) is 0.590. The van der Waals surface area contributed by atoms with Crippen molar-refractivity contribution in [1.29, 1.82) is 0 Å². The van der Waals surface area contributed by atoms with E-state index < -0.39 is 30.4 Å². The van der Waals surface area contributed by atoms with E-state index in [4.69, 9.17) is 0 Å². The molecular weight excluding hydrogens is 240 g/mol. The van der Waals surface area contributed by atoms with Crippen LogP contribution in [-0.2, 0) is 0 Å². The zero-order chi connectivity index (χ0) is 13.0. The summed E-state index contributed by atoms with van der Waals surface area (Å²) in [6.07, 6.45) is -10.2. The van der Waals surface area contributed by atoms with Gasteiger partial charge in [-0.25, -0.2) is 0 Å². The Balaban J connectivity index is 4.67. The molecule has 0 bridgehead atoms. The van der Waals surface area contributed by atoms with Crippen molar-refractivity contribution in [2.45, 2.75) is 32.2 Å². The molecular formula is C7H9F6N3. The Morgan fingerprint density at radius 2 is 1.62 bits per heavy atom. The topological polar surface area (TPSA) is 36.8 Å². The highest BCUT2D eigenvalue weighted by Crippen LogP contribution is 2.17. The van der Waals surface area contributed by atoms with Crippen molar-refractivity contribution in [3.05, 3.63) is 0 Å². The molecule has 0 aliphatic carbocycles. The standard InChI is InChI=1S/C7H9F6N3/c1-4(2)15-5(7(11,12)13)16-14-3-6(8,9)10/h3-4H,1-2H3,(H,15,16)/b14-3+. The third kappa shape index (κ3) is 7.07. The first-order valence-corrected chi connectivity index (χ1v) is 4.04. The Morgan fingerprint density at radius 1 is 1.12 bits per heavy atom. The van der Waals surface area contributed by atoms with Crippen LogP contribution in [-0.4, -0.2) is 30.4 Å². The maximum Gasteiger partial charge on any atom is 0.450 e. The van der Waals surface area contributed by atoms with E-state index in [9.17, 15) is 26.3 Å². The van der Waals surface area contributed by atoms with Crippen molar-refractivity contribution in [2.24, 2.45) is 10.1 Å². The van der Waals surface area contributed by atoms with Crippen molar-refractivity contribution in [3.8, 4) is 0 Å². The second-order valence-corrected chi connectivity index (χ2v) is 2.98. The van der Waals surface area contributed by atoms with Crippen LogP contribution in [0.25, 0.3) is 0 Å². The summed E-state index contributed by atoms with van der Waals surface area (Å²) in [7, 11) is 0. The van der Waals surface area contributed by atoms with Gasteiger partial charge in [-0.3, -0.25) is 10.4 Å². The number of amidine groups is 1. The van der Waals surface area contributed by atoms with Crippen molar-refractivity contribution in [2.75, 3.05) is 0 Å². The van der Waals surface area contributed by atoms with Gasteiger partial charge < -0.3 is 0 Å². The smallest absolute Gasteiger partial charge is 0.260 e. The lowest BCUT2D eigenvalue weighted by Gasteiger charge is -2.10. The lowest BCUT2D eigenvalue weighted by Crippen LogP contribution is -2.35. The van der Waals surface area contributed by atoms with Gasteiger partial charge in [0, 0.05) is 6.04 Å². The summed E-state index contributed by atoms with van der Waals surface area (Å²) in [5.41, 5.74) is 1.22. The minimum atomic E-state index is -4.87. The summed E-state index contributed by atoms with van der Waals surface area (Å²) in [5.74, 6) is -1.57. The van der Waals surface area contributed by atoms with Gasteiger partial charge in [0.15, 0.2) is 0 Å². The van der Waals surface area contributed by atoms with Gasteiger partial charge in [0.05, 0.1) is 0 Å². The number of hydrazone groups is 1. The van der Waals surface area contributed by atoms with Gasteiger partial charge in [0.2, 0.25) is 5.84 Å². The molecule has 1 N–H and O–H groups in total. The van der Waals surface area contributed by atoms with Crippen molar-refractivity contribution in [1.82, 2.24) is 5.43 Å². The highest BCUT2D eigenvalue weighted by atomic mass is 19.4. The van der Waals surface area contributed by atoms with Crippen LogP contribution in [0.5, 0.6) is 0 Å². The number of alkyl halides is 6. The molecule has 0 radical (unpaired) electrons. The maximum atomic E-state index is 12.2. The minimum absolute atomic E-state index is 0.589. The molecule has 0 aromatic heterocycles. The van der Waals surface area contributed by atoms with Gasteiger partial charge in [0.25, 0.3) is 0 Å². The van der Waals surface area contributed by atoms with E-state index >= 15 is 0 Å². The number of nitrogens with zero attached hydrogens (tertiary/aromatic N) is 2. The molecule has 0 aromatic carbocycles. The van der Waals surface area contributed by atoms with Gasteiger partial charge in [-0.05, 0) is 13.8 Å². The molecule has 0 aliphatic rings. The number of rotatable bonds is 2. The summed E-state index contributed by atoms with van der Waals surface area (Å²) < 4.78 is 71.1. The van der Waals surface area contributed by atoms with Crippen LogP contribution in [0.2, 0.25) is 0 Å². The normalized spacial score (nSPS) is 14.9. The third-order valence-corrected chi connectivity index (χ3v) is 1.04. The van der Waals surface area contributed by atoms with Crippen molar-refractivity contribution >= 4 is 12.1 Å². The first kappa shape index (κ1) is 14.7. The van der Waals surface area contributed by atoms with Crippen LogP contribution in [0.1, 0.15) is 13.8 Å². The van der Waals surface area contributed by atoms with Crippen LogP contribution >= 0.6 is 0 Å². The predicted octanol–water partition coefficient (Wildman–Crippen LogP) is 2.49. The van der Waals surface area contributed by atoms with Crippen molar-refractivity contribution < 1.29 is 26.3 Å². The van der Waals surface area contributed by atoms with Crippen LogP contribution in [0.15, 0.2) is 10.1 Å². The molecule has 9 heteroatoms. The summed E-state index contributed by atoms with van der Waals surface area (Å²) in [6.45, 7) is 2.70. The molecule has 0 amide bonds. The van der Waals surface area contributed by atoms with Crippen LogP contribution < -0.4 is 5.43 Å². The van der Waals surface area contributed by atoms with E-state index in [0.717, 1.165) is 0 Å². The Labute approximate surface area is 87.2 Å². The third-order valence-electron chi connectivity index (χ3n) is 1.04.